The summed E-state index contributed by atoms with van der Waals surface area (Å²) in [6.45, 7) is 2.57. The van der Waals surface area contributed by atoms with Crippen LogP contribution in [0.2, 0.25) is 5.02 Å². The highest BCUT2D eigenvalue weighted by molar-refractivity contribution is 8.00. The van der Waals surface area contributed by atoms with Crippen LogP contribution < -0.4 is 10.6 Å². The van der Waals surface area contributed by atoms with Gasteiger partial charge in [0.05, 0.1) is 17.9 Å². The minimum absolute atomic E-state index is 0.141. The predicted molar refractivity (Wildman–Crippen MR) is 120 cm³/mol. The summed E-state index contributed by atoms with van der Waals surface area (Å²) in [7, 11) is 1.56. The van der Waals surface area contributed by atoms with Crippen LogP contribution in [-0.4, -0.2) is 49.9 Å². The Kier molecular flexibility index (Phi) is 10.4. The highest BCUT2D eigenvalue weighted by atomic mass is 35.5. The number of carbonyl (C=O) groups excluding carboxylic acids is 3. The second kappa shape index (κ2) is 13.0. The summed E-state index contributed by atoms with van der Waals surface area (Å²) in [5.74, 6) is -1.10. The molecule has 0 radical (unpaired) electrons. The smallest absolute Gasteiger partial charge is 0.340 e. The van der Waals surface area contributed by atoms with Crippen molar-refractivity contribution in [3.05, 3.63) is 64.7 Å². The predicted octanol–water partition coefficient (Wildman–Crippen LogP) is 3.06. The zero-order chi connectivity index (χ0) is 22.6. The first-order chi connectivity index (χ1) is 14.9. The van der Waals surface area contributed by atoms with Crippen molar-refractivity contribution in [1.82, 2.24) is 10.6 Å². The van der Waals surface area contributed by atoms with E-state index in [-0.39, 0.29) is 18.2 Å². The van der Waals surface area contributed by atoms with Crippen LogP contribution in [0.4, 0.5) is 0 Å². The Morgan fingerprint density at radius 2 is 1.77 bits per heavy atom. The quantitative estimate of drug-likeness (QED) is 0.301. The number of ether oxygens (including phenoxy) is 2. The van der Waals surface area contributed by atoms with Crippen LogP contribution in [0.25, 0.3) is 0 Å². The highest BCUT2D eigenvalue weighted by Gasteiger charge is 2.21. The molecule has 166 valence electrons. The maximum atomic E-state index is 12.6. The number of thioether (sulfide) groups is 1. The fourth-order valence-electron chi connectivity index (χ4n) is 2.49. The van der Waals surface area contributed by atoms with E-state index < -0.39 is 18.0 Å². The molecule has 0 bridgehead atoms. The van der Waals surface area contributed by atoms with E-state index in [1.165, 1.54) is 18.7 Å². The fourth-order valence-corrected chi connectivity index (χ4v) is 3.57. The van der Waals surface area contributed by atoms with Crippen LogP contribution in [0.5, 0.6) is 0 Å². The molecule has 2 amide bonds. The minimum atomic E-state index is -0.995. The lowest BCUT2D eigenvalue weighted by Crippen LogP contribution is -2.35. The Hall–Kier alpha value is -2.55. The molecule has 0 heterocycles. The van der Waals surface area contributed by atoms with Crippen molar-refractivity contribution in [2.75, 3.05) is 26.0 Å². The van der Waals surface area contributed by atoms with E-state index in [2.05, 4.69) is 10.6 Å². The Morgan fingerprint density at radius 3 is 2.52 bits per heavy atom. The van der Waals surface area contributed by atoms with Crippen LogP contribution in [0, 0.1) is 0 Å². The van der Waals surface area contributed by atoms with Crippen LogP contribution in [0.1, 0.15) is 22.8 Å². The molecule has 0 aliphatic rings. The summed E-state index contributed by atoms with van der Waals surface area (Å²) in [5, 5.41) is 5.97. The van der Waals surface area contributed by atoms with Crippen molar-refractivity contribution >= 4 is 41.1 Å². The Bertz CT molecular complexity index is 909. The second-order valence-electron chi connectivity index (χ2n) is 6.48. The number of nitrogens with one attached hydrogen (secondary N) is 2. The van der Waals surface area contributed by atoms with E-state index in [1.54, 1.807) is 49.6 Å². The second-order valence-corrected chi connectivity index (χ2v) is 7.91. The molecular formula is C22H25ClN2O5S. The monoisotopic (exact) mass is 464 g/mol. The lowest BCUT2D eigenvalue weighted by molar-refractivity contribution is -0.129. The molecule has 2 rings (SSSR count). The van der Waals surface area contributed by atoms with Crippen molar-refractivity contribution in [3.8, 4) is 0 Å². The molecule has 7 nitrogen and oxygen atoms in total. The average Bonchev–Trinajstić information content (AvgIpc) is 2.77. The van der Waals surface area contributed by atoms with Crippen molar-refractivity contribution in [1.29, 1.82) is 0 Å². The highest BCUT2D eigenvalue weighted by Crippen LogP contribution is 2.23. The first-order valence-corrected chi connectivity index (χ1v) is 11.0. The number of esters is 1. The van der Waals surface area contributed by atoms with Gasteiger partial charge in [-0.1, -0.05) is 41.9 Å². The van der Waals surface area contributed by atoms with Gasteiger partial charge in [-0.15, -0.1) is 11.8 Å². The van der Waals surface area contributed by atoms with Gasteiger partial charge in [0.1, 0.15) is 0 Å². The molecule has 0 saturated heterocycles. The standard InChI is InChI=1S/C22H25ClN2O5S/c1-15(21(27)25-13-16-7-3-5-9-18(16)23)30-22(28)17-8-4-6-10-19(17)31-14-20(26)24-11-12-29-2/h3-10,15H,11-14H2,1-2H3,(H,24,26)(H,25,27). The summed E-state index contributed by atoms with van der Waals surface area (Å²) in [5.41, 5.74) is 1.06. The lowest BCUT2D eigenvalue weighted by Gasteiger charge is -2.15. The zero-order valence-electron chi connectivity index (χ0n) is 17.4. The van der Waals surface area contributed by atoms with Gasteiger partial charge >= 0.3 is 5.97 Å². The average molecular weight is 465 g/mol. The Morgan fingerprint density at radius 1 is 1.06 bits per heavy atom. The van der Waals surface area contributed by atoms with Gasteiger partial charge in [-0.3, -0.25) is 9.59 Å². The molecule has 0 spiro atoms. The molecule has 0 aromatic heterocycles. The molecule has 0 aliphatic heterocycles. The third-order valence-corrected chi connectivity index (χ3v) is 5.60. The molecule has 1 unspecified atom stereocenters. The molecule has 1 atom stereocenters. The first-order valence-electron chi connectivity index (χ1n) is 9.62. The van der Waals surface area contributed by atoms with Crippen molar-refractivity contribution in [2.24, 2.45) is 0 Å². The van der Waals surface area contributed by atoms with Gasteiger partial charge < -0.3 is 20.1 Å². The largest absolute Gasteiger partial charge is 0.449 e. The van der Waals surface area contributed by atoms with Crippen LogP contribution in [0.3, 0.4) is 0 Å². The summed E-state index contributed by atoms with van der Waals surface area (Å²) < 4.78 is 10.2. The van der Waals surface area contributed by atoms with E-state index in [0.717, 1.165) is 5.56 Å². The summed E-state index contributed by atoms with van der Waals surface area (Å²) in [6.07, 6.45) is -0.995. The molecule has 9 heteroatoms. The molecule has 2 aromatic carbocycles. The summed E-state index contributed by atoms with van der Waals surface area (Å²) in [6, 6.07) is 14.0. The van der Waals surface area contributed by atoms with Gasteiger partial charge in [-0.25, -0.2) is 4.79 Å². The molecular weight excluding hydrogens is 440 g/mol. The number of benzene rings is 2. The number of halogens is 1. The van der Waals surface area contributed by atoms with Gasteiger partial charge in [0.2, 0.25) is 5.91 Å². The van der Waals surface area contributed by atoms with E-state index in [1.807, 2.05) is 6.07 Å². The number of rotatable bonds is 11. The van der Waals surface area contributed by atoms with Gasteiger partial charge in [-0.05, 0) is 30.7 Å². The normalized spacial score (nSPS) is 11.5. The van der Waals surface area contributed by atoms with E-state index in [4.69, 9.17) is 21.1 Å². The van der Waals surface area contributed by atoms with Gasteiger partial charge in [0.15, 0.2) is 6.10 Å². The van der Waals surface area contributed by atoms with E-state index in [0.29, 0.717) is 28.6 Å². The first kappa shape index (κ1) is 24.7. The number of amides is 2. The molecule has 0 saturated carbocycles. The summed E-state index contributed by atoms with van der Waals surface area (Å²) in [4.78, 5) is 37.4. The van der Waals surface area contributed by atoms with Crippen LogP contribution >= 0.6 is 23.4 Å². The third kappa shape index (κ3) is 8.24. The van der Waals surface area contributed by atoms with Crippen LogP contribution in [0.15, 0.2) is 53.4 Å². The minimum Gasteiger partial charge on any atom is -0.449 e. The van der Waals surface area contributed by atoms with Crippen LogP contribution in [-0.2, 0) is 25.6 Å². The van der Waals surface area contributed by atoms with Crippen molar-refractivity contribution in [2.45, 2.75) is 24.5 Å². The third-order valence-electron chi connectivity index (χ3n) is 4.16. The topological polar surface area (TPSA) is 93.7 Å². The summed E-state index contributed by atoms with van der Waals surface area (Å²) >= 11 is 7.30. The van der Waals surface area contributed by atoms with E-state index in [9.17, 15) is 14.4 Å². The van der Waals surface area contributed by atoms with Gasteiger partial charge in [0, 0.05) is 30.1 Å². The zero-order valence-corrected chi connectivity index (χ0v) is 18.9. The Balaban J connectivity index is 1.90. The molecule has 0 aliphatic carbocycles. The van der Waals surface area contributed by atoms with Crippen molar-refractivity contribution < 1.29 is 23.9 Å². The van der Waals surface area contributed by atoms with Gasteiger partial charge in [-0.2, -0.15) is 0 Å². The maximum Gasteiger partial charge on any atom is 0.340 e. The number of methoxy groups -OCH3 is 1. The van der Waals surface area contributed by atoms with E-state index >= 15 is 0 Å². The lowest BCUT2D eigenvalue weighted by atomic mass is 10.2. The Labute approximate surface area is 190 Å². The number of hydrogen-bond acceptors (Lipinski definition) is 6. The molecule has 2 aromatic rings. The molecule has 31 heavy (non-hydrogen) atoms. The van der Waals surface area contributed by atoms with Crippen molar-refractivity contribution in [3.63, 3.8) is 0 Å². The SMILES string of the molecule is COCCNC(=O)CSc1ccccc1C(=O)OC(C)C(=O)NCc1ccccc1Cl. The fraction of sp³-hybridized carbons (Fsp3) is 0.318. The maximum absolute atomic E-state index is 12.6. The molecule has 0 fully saturated rings. The van der Waals surface area contributed by atoms with Gasteiger partial charge in [0.25, 0.3) is 5.91 Å². The number of carbonyl (C=O) groups is 3. The molecule has 2 N–H and O–H groups in total. The number of hydrogen-bond donors (Lipinski definition) is 2.